The van der Waals surface area contributed by atoms with Crippen LogP contribution in [0.2, 0.25) is 0 Å². The molecule has 7 nitrogen and oxygen atoms in total. The smallest absolute Gasteiger partial charge is 0.252 e. The maximum absolute atomic E-state index is 12.8. The first-order chi connectivity index (χ1) is 13.0. The fourth-order valence-corrected chi connectivity index (χ4v) is 6.69. The van der Waals surface area contributed by atoms with Crippen LogP contribution in [0.15, 0.2) is 21.3 Å². The number of aliphatic imine (C=N–C) groups is 1. The molecule has 0 spiro atoms. The lowest BCUT2D eigenvalue weighted by atomic mass is 10.1. The third-order valence-electron chi connectivity index (χ3n) is 5.17. The van der Waals surface area contributed by atoms with Crippen molar-refractivity contribution < 1.29 is 13.2 Å². The number of nitrogens with zero attached hydrogens (tertiary/aromatic N) is 3. The number of methoxy groups -OCH3 is 1. The van der Waals surface area contributed by atoms with Gasteiger partial charge in [0.2, 0.25) is 0 Å². The number of ether oxygens (including phenoxy) is 1. The number of hydrogen-bond acceptors (Lipinski definition) is 5. The average molecular weight is 543 g/mol. The van der Waals surface area contributed by atoms with E-state index in [1.807, 2.05) is 6.07 Å². The van der Waals surface area contributed by atoms with Crippen molar-refractivity contribution in [3.8, 4) is 0 Å². The maximum atomic E-state index is 12.8. The van der Waals surface area contributed by atoms with Gasteiger partial charge in [-0.2, -0.15) is 4.31 Å². The van der Waals surface area contributed by atoms with Crippen molar-refractivity contribution in [2.75, 3.05) is 46.9 Å². The minimum atomic E-state index is -3.35. The standard InChI is InChI=1S/C18H30N4O3S2.HI/c1-19-18(21-11-8-15(13-21)14-25-2)20-12-16-6-7-17(26-16)27(23,24)22-9-4-3-5-10-22;/h6-7,15H,3-5,8-14H2,1-2H3,(H,19,20);1H. The zero-order valence-electron chi connectivity index (χ0n) is 16.6. The van der Waals surface area contributed by atoms with Crippen molar-refractivity contribution in [2.24, 2.45) is 10.9 Å². The summed E-state index contributed by atoms with van der Waals surface area (Å²) in [6, 6.07) is 3.64. The van der Waals surface area contributed by atoms with Crippen molar-refractivity contribution in [3.05, 3.63) is 17.0 Å². The van der Waals surface area contributed by atoms with Gasteiger partial charge in [-0.15, -0.1) is 35.3 Å². The second kappa shape index (κ2) is 11.1. The number of rotatable bonds is 6. The molecule has 0 saturated carbocycles. The number of sulfonamides is 1. The van der Waals surface area contributed by atoms with E-state index >= 15 is 0 Å². The van der Waals surface area contributed by atoms with E-state index < -0.39 is 10.0 Å². The summed E-state index contributed by atoms with van der Waals surface area (Å²) in [5.41, 5.74) is 0. The molecule has 10 heteroatoms. The molecule has 2 aliphatic rings. The predicted molar refractivity (Wildman–Crippen MR) is 124 cm³/mol. The van der Waals surface area contributed by atoms with Crippen LogP contribution in [-0.2, 0) is 21.3 Å². The van der Waals surface area contributed by atoms with E-state index in [2.05, 4.69) is 15.2 Å². The van der Waals surface area contributed by atoms with Gasteiger partial charge in [0.15, 0.2) is 5.96 Å². The van der Waals surface area contributed by atoms with E-state index in [0.29, 0.717) is 29.8 Å². The molecule has 0 radical (unpaired) electrons. The number of halogens is 1. The normalized spacial score (nSPS) is 21.6. The van der Waals surface area contributed by atoms with Gasteiger partial charge in [-0.05, 0) is 31.4 Å². The molecule has 0 aliphatic carbocycles. The Morgan fingerprint density at radius 3 is 2.71 bits per heavy atom. The molecular formula is C18H31IN4O3S2. The lowest BCUT2D eigenvalue weighted by Crippen LogP contribution is -2.39. The van der Waals surface area contributed by atoms with Crippen LogP contribution < -0.4 is 5.32 Å². The maximum Gasteiger partial charge on any atom is 0.252 e. The molecular weight excluding hydrogens is 511 g/mol. The van der Waals surface area contributed by atoms with Crippen molar-refractivity contribution in [1.82, 2.24) is 14.5 Å². The highest BCUT2D eigenvalue weighted by atomic mass is 127. The zero-order chi connectivity index (χ0) is 19.3. The first-order valence-corrected chi connectivity index (χ1v) is 11.8. The van der Waals surface area contributed by atoms with Crippen LogP contribution >= 0.6 is 35.3 Å². The Bertz CT molecular complexity index is 748. The van der Waals surface area contributed by atoms with Crippen LogP contribution in [0.25, 0.3) is 0 Å². The summed E-state index contributed by atoms with van der Waals surface area (Å²) in [7, 11) is 0.177. The van der Waals surface area contributed by atoms with Crippen molar-refractivity contribution >= 4 is 51.3 Å². The van der Waals surface area contributed by atoms with Crippen LogP contribution in [0.3, 0.4) is 0 Å². The third kappa shape index (κ3) is 5.80. The molecule has 0 aromatic carbocycles. The molecule has 3 heterocycles. The van der Waals surface area contributed by atoms with Crippen molar-refractivity contribution in [2.45, 2.75) is 36.4 Å². The van der Waals surface area contributed by atoms with Gasteiger partial charge in [-0.3, -0.25) is 4.99 Å². The van der Waals surface area contributed by atoms with Gasteiger partial charge in [0.1, 0.15) is 4.21 Å². The number of piperidine rings is 1. The molecule has 160 valence electrons. The minimum absolute atomic E-state index is 0. The quantitative estimate of drug-likeness (QED) is 0.340. The summed E-state index contributed by atoms with van der Waals surface area (Å²) in [6.45, 7) is 4.53. The minimum Gasteiger partial charge on any atom is -0.384 e. The lowest BCUT2D eigenvalue weighted by Gasteiger charge is -2.25. The molecule has 3 rings (SSSR count). The largest absolute Gasteiger partial charge is 0.384 e. The van der Waals surface area contributed by atoms with E-state index in [0.717, 1.165) is 56.2 Å². The van der Waals surface area contributed by atoms with Crippen LogP contribution in [0, 0.1) is 5.92 Å². The molecule has 0 amide bonds. The highest BCUT2D eigenvalue weighted by Gasteiger charge is 2.28. The molecule has 0 bridgehead atoms. The van der Waals surface area contributed by atoms with E-state index in [9.17, 15) is 8.42 Å². The van der Waals surface area contributed by atoms with Gasteiger partial charge in [-0.25, -0.2) is 8.42 Å². The molecule has 1 unspecified atom stereocenters. The fourth-order valence-electron chi connectivity index (χ4n) is 3.72. The summed E-state index contributed by atoms with van der Waals surface area (Å²) in [6.07, 6.45) is 4.13. The summed E-state index contributed by atoms with van der Waals surface area (Å²) >= 11 is 1.35. The van der Waals surface area contributed by atoms with Gasteiger partial charge < -0.3 is 15.0 Å². The monoisotopic (exact) mass is 542 g/mol. The molecule has 1 N–H and O–H groups in total. The molecule has 1 aromatic heterocycles. The third-order valence-corrected chi connectivity index (χ3v) is 8.62. The summed E-state index contributed by atoms with van der Waals surface area (Å²) < 4.78 is 32.9. The molecule has 2 saturated heterocycles. The number of nitrogens with one attached hydrogen (secondary N) is 1. The molecule has 1 atom stereocenters. The SMILES string of the molecule is CN=C(NCc1ccc(S(=O)(=O)N2CCCCC2)s1)N1CCC(COC)C1.I. The highest BCUT2D eigenvalue weighted by Crippen LogP contribution is 2.27. The zero-order valence-corrected chi connectivity index (χ0v) is 20.6. The first kappa shape index (κ1) is 23.8. The Morgan fingerprint density at radius 1 is 1.29 bits per heavy atom. The second-order valence-electron chi connectivity index (χ2n) is 7.14. The van der Waals surface area contributed by atoms with E-state index in [-0.39, 0.29) is 24.0 Å². The van der Waals surface area contributed by atoms with E-state index in [1.54, 1.807) is 24.5 Å². The second-order valence-corrected chi connectivity index (χ2v) is 10.5. The van der Waals surface area contributed by atoms with Gasteiger partial charge >= 0.3 is 0 Å². The average Bonchev–Trinajstić information content (AvgIpc) is 3.34. The van der Waals surface area contributed by atoms with Crippen LogP contribution in [-0.4, -0.2) is 70.5 Å². The van der Waals surface area contributed by atoms with Gasteiger partial charge in [0.25, 0.3) is 10.0 Å². The van der Waals surface area contributed by atoms with Gasteiger partial charge in [0.05, 0.1) is 13.2 Å². The van der Waals surface area contributed by atoms with Crippen molar-refractivity contribution in [3.63, 3.8) is 0 Å². The summed E-state index contributed by atoms with van der Waals surface area (Å²) in [5.74, 6) is 1.40. The number of thiophene rings is 1. The Hall–Kier alpha value is -0.430. The Labute approximate surface area is 189 Å². The number of likely N-dealkylation sites (tertiary alicyclic amines) is 1. The Kier molecular flexibility index (Phi) is 9.45. The van der Waals surface area contributed by atoms with Crippen LogP contribution in [0.5, 0.6) is 0 Å². The van der Waals surface area contributed by atoms with Crippen LogP contribution in [0.4, 0.5) is 0 Å². The molecule has 28 heavy (non-hydrogen) atoms. The van der Waals surface area contributed by atoms with Crippen molar-refractivity contribution in [1.29, 1.82) is 0 Å². The van der Waals surface area contributed by atoms with E-state index in [1.165, 1.54) is 11.3 Å². The number of guanidine groups is 1. The Morgan fingerprint density at radius 2 is 2.04 bits per heavy atom. The van der Waals surface area contributed by atoms with E-state index in [4.69, 9.17) is 4.74 Å². The predicted octanol–water partition coefficient (Wildman–Crippen LogP) is 2.58. The topological polar surface area (TPSA) is 74.2 Å². The molecule has 1 aromatic rings. The van der Waals surface area contributed by atoms with Gasteiger partial charge in [0, 0.05) is 51.1 Å². The Balaban J connectivity index is 0.00000280. The summed E-state index contributed by atoms with van der Waals surface area (Å²) in [5, 5.41) is 3.37. The van der Waals surface area contributed by atoms with Crippen LogP contribution in [0.1, 0.15) is 30.6 Å². The highest BCUT2D eigenvalue weighted by molar-refractivity contribution is 14.0. The first-order valence-electron chi connectivity index (χ1n) is 9.58. The van der Waals surface area contributed by atoms with Gasteiger partial charge in [-0.1, -0.05) is 6.42 Å². The molecule has 2 aliphatic heterocycles. The molecule has 2 fully saturated rings. The summed E-state index contributed by atoms with van der Waals surface area (Å²) in [4.78, 5) is 7.62. The fraction of sp³-hybridized carbons (Fsp3) is 0.722. The lowest BCUT2D eigenvalue weighted by molar-refractivity contribution is 0.157. The number of hydrogen-bond donors (Lipinski definition) is 1.